The van der Waals surface area contributed by atoms with Crippen LogP contribution in [0.25, 0.3) is 16.8 Å². The van der Waals surface area contributed by atoms with E-state index in [1.165, 1.54) is 12.1 Å². The summed E-state index contributed by atoms with van der Waals surface area (Å²) in [6, 6.07) is 11.9. The van der Waals surface area contributed by atoms with Crippen LogP contribution in [0, 0.1) is 26.6 Å². The van der Waals surface area contributed by atoms with Crippen molar-refractivity contribution >= 4 is 28.8 Å². The van der Waals surface area contributed by atoms with E-state index < -0.39 is 11.7 Å². The normalized spacial score (nSPS) is 11.1. The van der Waals surface area contributed by atoms with Gasteiger partial charge in [-0.25, -0.2) is 8.91 Å². The molecule has 2 heterocycles. The van der Waals surface area contributed by atoms with Crippen LogP contribution < -0.4 is 5.32 Å². The van der Waals surface area contributed by atoms with Crippen LogP contribution in [-0.4, -0.2) is 25.7 Å². The van der Waals surface area contributed by atoms with E-state index >= 15 is 0 Å². The molecular formula is C21H17ClFN5O. The van der Waals surface area contributed by atoms with E-state index in [4.69, 9.17) is 11.6 Å². The van der Waals surface area contributed by atoms with Gasteiger partial charge in [0.15, 0.2) is 11.3 Å². The largest absolute Gasteiger partial charge is 0.318 e. The fourth-order valence-electron chi connectivity index (χ4n) is 3.18. The van der Waals surface area contributed by atoms with Gasteiger partial charge in [-0.15, -0.1) is 10.2 Å². The zero-order valence-electron chi connectivity index (χ0n) is 16.0. The number of halogens is 2. The lowest BCUT2D eigenvalue weighted by Crippen LogP contribution is -2.19. The monoisotopic (exact) mass is 409 g/mol. The number of amides is 1. The number of benzene rings is 2. The highest BCUT2D eigenvalue weighted by atomic mass is 35.5. The Hall–Kier alpha value is -3.32. The molecule has 4 aromatic rings. The molecule has 2 aromatic heterocycles. The van der Waals surface area contributed by atoms with E-state index in [0.29, 0.717) is 16.4 Å². The third-order valence-electron chi connectivity index (χ3n) is 4.66. The van der Waals surface area contributed by atoms with E-state index in [2.05, 4.69) is 20.6 Å². The molecule has 0 aliphatic heterocycles. The molecule has 29 heavy (non-hydrogen) atoms. The van der Waals surface area contributed by atoms with Crippen molar-refractivity contribution in [1.29, 1.82) is 0 Å². The van der Waals surface area contributed by atoms with Crippen molar-refractivity contribution in [2.24, 2.45) is 0 Å². The Morgan fingerprint density at radius 1 is 1.07 bits per heavy atom. The number of carbonyl (C=O) groups is 1. The van der Waals surface area contributed by atoms with E-state index in [0.717, 1.165) is 22.4 Å². The smallest absolute Gasteiger partial charge is 0.278 e. The van der Waals surface area contributed by atoms with Crippen molar-refractivity contribution in [1.82, 2.24) is 19.8 Å². The summed E-state index contributed by atoms with van der Waals surface area (Å²) in [7, 11) is 0. The maximum absolute atomic E-state index is 14.1. The summed E-state index contributed by atoms with van der Waals surface area (Å²) in [4.78, 5) is 12.7. The highest BCUT2D eigenvalue weighted by Crippen LogP contribution is 2.29. The molecule has 2 aromatic carbocycles. The topological polar surface area (TPSA) is 72.2 Å². The lowest BCUT2D eigenvalue weighted by atomic mass is 10.1. The number of hydrogen-bond donors (Lipinski definition) is 1. The summed E-state index contributed by atoms with van der Waals surface area (Å²) >= 11 is 5.98. The Balaban J connectivity index is 1.75. The van der Waals surface area contributed by atoms with Gasteiger partial charge >= 0.3 is 0 Å². The lowest BCUT2D eigenvalue weighted by Gasteiger charge is -2.09. The van der Waals surface area contributed by atoms with E-state index in [9.17, 15) is 9.18 Å². The van der Waals surface area contributed by atoms with Crippen molar-refractivity contribution in [3.63, 3.8) is 0 Å². The third kappa shape index (κ3) is 3.45. The lowest BCUT2D eigenvalue weighted by molar-refractivity contribution is 0.101. The number of rotatable bonds is 3. The zero-order valence-corrected chi connectivity index (χ0v) is 16.8. The number of aromatic nitrogens is 4. The molecule has 0 fully saturated rings. The molecule has 8 heteroatoms. The Kier molecular flexibility index (Phi) is 4.76. The molecule has 0 bridgehead atoms. The van der Waals surface area contributed by atoms with Gasteiger partial charge in [0.2, 0.25) is 0 Å². The molecule has 0 atom stereocenters. The molecule has 6 nitrogen and oxygen atoms in total. The number of fused-ring (bicyclic) bond motifs is 1. The van der Waals surface area contributed by atoms with Crippen molar-refractivity contribution in [2.45, 2.75) is 20.8 Å². The molecule has 4 rings (SSSR count). The SMILES string of the molecule is Cc1ccc(NC(=O)c2nnc3c(-c4ccc(Cl)cc4)c(C)nn3c2C)c(F)c1. The Morgan fingerprint density at radius 3 is 2.48 bits per heavy atom. The summed E-state index contributed by atoms with van der Waals surface area (Å²) < 4.78 is 15.7. The number of anilines is 1. The van der Waals surface area contributed by atoms with Crippen LogP contribution in [0.15, 0.2) is 42.5 Å². The van der Waals surface area contributed by atoms with Gasteiger partial charge < -0.3 is 5.32 Å². The summed E-state index contributed by atoms with van der Waals surface area (Å²) in [6.07, 6.45) is 0. The molecule has 1 amide bonds. The minimum atomic E-state index is -0.555. The van der Waals surface area contributed by atoms with Gasteiger partial charge in [-0.05, 0) is 56.2 Å². The van der Waals surface area contributed by atoms with Crippen molar-refractivity contribution in [3.8, 4) is 11.1 Å². The number of nitrogens with one attached hydrogen (secondary N) is 1. The molecule has 0 aliphatic carbocycles. The second-order valence-electron chi connectivity index (χ2n) is 6.77. The predicted molar refractivity (Wildman–Crippen MR) is 110 cm³/mol. The summed E-state index contributed by atoms with van der Waals surface area (Å²) in [5.41, 5.74) is 4.40. The van der Waals surface area contributed by atoms with Gasteiger partial charge in [0.25, 0.3) is 5.91 Å². The fourth-order valence-corrected chi connectivity index (χ4v) is 3.30. The van der Waals surface area contributed by atoms with Crippen molar-refractivity contribution in [3.05, 3.63) is 75.9 Å². The molecular weight excluding hydrogens is 393 g/mol. The summed E-state index contributed by atoms with van der Waals surface area (Å²) in [5.74, 6) is -1.06. The summed E-state index contributed by atoms with van der Waals surface area (Å²) in [6.45, 7) is 5.36. The number of nitrogens with zero attached hydrogens (tertiary/aromatic N) is 4. The second kappa shape index (κ2) is 7.25. The van der Waals surface area contributed by atoms with Crippen LogP contribution in [-0.2, 0) is 0 Å². The first-order valence-electron chi connectivity index (χ1n) is 8.91. The van der Waals surface area contributed by atoms with Crippen molar-refractivity contribution in [2.75, 3.05) is 5.32 Å². The van der Waals surface area contributed by atoms with Gasteiger partial charge in [0, 0.05) is 5.02 Å². The minimum absolute atomic E-state index is 0.0719. The Morgan fingerprint density at radius 2 is 1.79 bits per heavy atom. The molecule has 0 aliphatic rings. The quantitative estimate of drug-likeness (QED) is 0.529. The Labute approximate surface area is 171 Å². The van der Waals surface area contributed by atoms with Gasteiger partial charge in [0.1, 0.15) is 5.82 Å². The first-order valence-corrected chi connectivity index (χ1v) is 9.29. The Bertz CT molecular complexity index is 1250. The van der Waals surface area contributed by atoms with Gasteiger partial charge in [-0.2, -0.15) is 5.10 Å². The highest BCUT2D eigenvalue weighted by Gasteiger charge is 2.21. The molecule has 0 radical (unpaired) electrons. The molecule has 146 valence electrons. The highest BCUT2D eigenvalue weighted by molar-refractivity contribution is 6.30. The molecule has 0 spiro atoms. The molecule has 0 saturated carbocycles. The predicted octanol–water partition coefficient (Wildman–Crippen LogP) is 4.76. The van der Waals surface area contributed by atoms with Crippen LogP contribution >= 0.6 is 11.6 Å². The average Bonchev–Trinajstić information content (AvgIpc) is 3.02. The maximum atomic E-state index is 14.1. The second-order valence-corrected chi connectivity index (χ2v) is 7.21. The van der Waals surface area contributed by atoms with Crippen LogP contribution in [0.5, 0.6) is 0 Å². The van der Waals surface area contributed by atoms with Crippen LogP contribution in [0.4, 0.5) is 10.1 Å². The first-order chi connectivity index (χ1) is 13.8. The number of carbonyl (C=O) groups excluding carboxylic acids is 1. The first kappa shape index (κ1) is 19.0. The van der Waals surface area contributed by atoms with Crippen molar-refractivity contribution < 1.29 is 9.18 Å². The van der Waals surface area contributed by atoms with E-state index in [1.807, 2.05) is 19.1 Å². The van der Waals surface area contributed by atoms with Gasteiger partial charge in [-0.1, -0.05) is 29.8 Å². The van der Waals surface area contributed by atoms with E-state index in [-0.39, 0.29) is 11.4 Å². The standard InChI is InChI=1S/C21H17ClFN5O/c1-11-4-9-17(16(23)10-11)24-21(29)19-13(3)28-20(26-25-19)18(12(2)27-28)14-5-7-15(22)8-6-14/h4-10H,1-3H3,(H,24,29). The van der Waals surface area contributed by atoms with Crippen LogP contribution in [0.1, 0.15) is 27.4 Å². The minimum Gasteiger partial charge on any atom is -0.318 e. The van der Waals surface area contributed by atoms with Crippen LogP contribution in [0.2, 0.25) is 5.02 Å². The van der Waals surface area contributed by atoms with Gasteiger partial charge in [0.05, 0.1) is 22.6 Å². The zero-order chi connectivity index (χ0) is 20.7. The molecule has 1 N–H and O–H groups in total. The molecule has 0 unspecified atom stereocenters. The maximum Gasteiger partial charge on any atom is 0.278 e. The third-order valence-corrected chi connectivity index (χ3v) is 4.91. The van der Waals surface area contributed by atoms with Crippen LogP contribution in [0.3, 0.4) is 0 Å². The van der Waals surface area contributed by atoms with Gasteiger partial charge in [-0.3, -0.25) is 4.79 Å². The van der Waals surface area contributed by atoms with E-state index in [1.54, 1.807) is 36.6 Å². The molecule has 0 saturated heterocycles. The number of aryl methyl sites for hydroxylation is 3. The summed E-state index contributed by atoms with van der Waals surface area (Å²) in [5, 5.41) is 16.0. The average molecular weight is 410 g/mol. The number of hydrogen-bond acceptors (Lipinski definition) is 4. The fraction of sp³-hybridized carbons (Fsp3) is 0.143.